The third-order valence-electron chi connectivity index (χ3n) is 1.78. The zero-order valence-corrected chi connectivity index (χ0v) is 10.0. The van der Waals surface area contributed by atoms with Crippen LogP contribution >= 0.6 is 22.7 Å². The summed E-state index contributed by atoms with van der Waals surface area (Å²) in [6, 6.07) is 3.93. The van der Waals surface area contributed by atoms with E-state index < -0.39 is 5.97 Å². The molecule has 0 atom stereocenters. The number of thiophene rings is 1. The maximum absolute atomic E-state index is 11.5. The molecule has 0 unspecified atom stereocenters. The van der Waals surface area contributed by atoms with Gasteiger partial charge in [0.15, 0.2) is 5.69 Å². The molecule has 0 saturated carbocycles. The van der Waals surface area contributed by atoms with E-state index >= 15 is 0 Å². The van der Waals surface area contributed by atoms with E-state index in [0.717, 1.165) is 9.88 Å². The van der Waals surface area contributed by atoms with Crippen LogP contribution in [0.1, 0.15) is 10.5 Å². The number of hydrogen-bond donors (Lipinski definition) is 0. The lowest BCUT2D eigenvalue weighted by molar-refractivity contribution is 0.0544. The van der Waals surface area contributed by atoms with Gasteiger partial charge in [-0.15, -0.1) is 22.7 Å². The standard InChI is InChI=1S/C11H9NO2S2/c1-2-5-14-11(13)8-7-16-10(12-8)9-4-3-6-15-9/h2-4,6-7H,1,5H2. The van der Waals surface area contributed by atoms with Crippen molar-refractivity contribution in [1.29, 1.82) is 0 Å². The number of rotatable bonds is 4. The van der Waals surface area contributed by atoms with Crippen molar-refractivity contribution < 1.29 is 9.53 Å². The van der Waals surface area contributed by atoms with E-state index in [4.69, 9.17) is 4.74 Å². The van der Waals surface area contributed by atoms with Gasteiger partial charge in [0.05, 0.1) is 4.88 Å². The third-order valence-corrected chi connectivity index (χ3v) is 3.66. The Labute approximate surface area is 101 Å². The van der Waals surface area contributed by atoms with Gasteiger partial charge in [0, 0.05) is 5.38 Å². The fourth-order valence-corrected chi connectivity index (χ4v) is 2.69. The minimum Gasteiger partial charge on any atom is -0.457 e. The average molecular weight is 251 g/mol. The van der Waals surface area contributed by atoms with Crippen molar-refractivity contribution in [2.75, 3.05) is 6.61 Å². The SMILES string of the molecule is C=CCOC(=O)c1csc(-c2cccs2)n1. The second kappa shape index (κ2) is 5.05. The zero-order chi connectivity index (χ0) is 11.4. The summed E-state index contributed by atoms with van der Waals surface area (Å²) in [7, 11) is 0. The molecule has 0 aliphatic heterocycles. The third kappa shape index (κ3) is 2.37. The maximum Gasteiger partial charge on any atom is 0.358 e. The lowest BCUT2D eigenvalue weighted by Gasteiger charge is -1.96. The molecule has 0 amide bonds. The Kier molecular flexibility index (Phi) is 3.48. The minimum absolute atomic E-state index is 0.213. The molecule has 0 aromatic carbocycles. The van der Waals surface area contributed by atoms with Crippen LogP contribution in [-0.4, -0.2) is 17.6 Å². The molecule has 16 heavy (non-hydrogen) atoms. The fourth-order valence-electron chi connectivity index (χ4n) is 1.09. The first-order valence-electron chi connectivity index (χ1n) is 4.58. The van der Waals surface area contributed by atoms with E-state index in [-0.39, 0.29) is 6.61 Å². The summed E-state index contributed by atoms with van der Waals surface area (Å²) in [4.78, 5) is 16.8. The van der Waals surface area contributed by atoms with Gasteiger partial charge in [-0.1, -0.05) is 18.7 Å². The lowest BCUT2D eigenvalue weighted by Crippen LogP contribution is -2.05. The molecule has 0 spiro atoms. The van der Waals surface area contributed by atoms with Gasteiger partial charge < -0.3 is 4.74 Å². The van der Waals surface area contributed by atoms with E-state index in [1.165, 1.54) is 17.4 Å². The van der Waals surface area contributed by atoms with Crippen molar-refractivity contribution in [3.05, 3.63) is 41.2 Å². The Morgan fingerprint density at radius 3 is 3.12 bits per heavy atom. The van der Waals surface area contributed by atoms with E-state index in [1.807, 2.05) is 17.5 Å². The number of nitrogens with zero attached hydrogens (tertiary/aromatic N) is 1. The molecule has 82 valence electrons. The number of carbonyl (C=O) groups is 1. The maximum atomic E-state index is 11.5. The molecule has 3 nitrogen and oxygen atoms in total. The van der Waals surface area contributed by atoms with Crippen LogP contribution in [0.4, 0.5) is 0 Å². The summed E-state index contributed by atoms with van der Waals surface area (Å²) in [6.45, 7) is 3.69. The molecule has 2 aromatic rings. The fraction of sp³-hybridized carbons (Fsp3) is 0.0909. The molecule has 0 bridgehead atoms. The second-order valence-corrected chi connectivity index (χ2v) is 4.71. The summed E-state index contributed by atoms with van der Waals surface area (Å²) >= 11 is 3.04. The Morgan fingerprint density at radius 2 is 2.44 bits per heavy atom. The van der Waals surface area contributed by atoms with Crippen molar-refractivity contribution in [3.63, 3.8) is 0 Å². The van der Waals surface area contributed by atoms with E-state index in [2.05, 4.69) is 11.6 Å². The Bertz CT molecular complexity index is 488. The van der Waals surface area contributed by atoms with Gasteiger partial charge in [-0.25, -0.2) is 9.78 Å². The highest BCUT2D eigenvalue weighted by molar-refractivity contribution is 7.20. The molecular weight excluding hydrogens is 242 g/mol. The predicted molar refractivity (Wildman–Crippen MR) is 65.9 cm³/mol. The van der Waals surface area contributed by atoms with Gasteiger partial charge in [-0.05, 0) is 11.4 Å². The number of thiazole rings is 1. The number of esters is 1. The Morgan fingerprint density at radius 1 is 1.56 bits per heavy atom. The van der Waals surface area contributed by atoms with Crippen LogP contribution in [0.2, 0.25) is 0 Å². The van der Waals surface area contributed by atoms with E-state index in [9.17, 15) is 4.79 Å². The zero-order valence-electron chi connectivity index (χ0n) is 8.38. The summed E-state index contributed by atoms with van der Waals surface area (Å²) in [5, 5.41) is 4.54. The molecule has 2 rings (SSSR count). The first-order chi connectivity index (χ1) is 7.81. The number of carbonyl (C=O) groups excluding carboxylic acids is 1. The lowest BCUT2D eigenvalue weighted by atomic mass is 10.4. The highest BCUT2D eigenvalue weighted by atomic mass is 32.1. The second-order valence-electron chi connectivity index (χ2n) is 2.90. The molecule has 2 heterocycles. The van der Waals surface area contributed by atoms with Crippen LogP contribution in [-0.2, 0) is 4.74 Å². The molecule has 0 saturated heterocycles. The van der Waals surface area contributed by atoms with Gasteiger partial charge >= 0.3 is 5.97 Å². The predicted octanol–water partition coefficient (Wildman–Crippen LogP) is 3.21. The van der Waals surface area contributed by atoms with Crippen molar-refractivity contribution in [3.8, 4) is 9.88 Å². The van der Waals surface area contributed by atoms with Crippen molar-refractivity contribution >= 4 is 28.6 Å². The van der Waals surface area contributed by atoms with Crippen LogP contribution in [0, 0.1) is 0 Å². The number of hydrogen-bond acceptors (Lipinski definition) is 5. The monoisotopic (exact) mass is 251 g/mol. The molecule has 0 fully saturated rings. The van der Waals surface area contributed by atoms with Gasteiger partial charge in [0.25, 0.3) is 0 Å². The molecule has 0 aliphatic rings. The highest BCUT2D eigenvalue weighted by Crippen LogP contribution is 2.27. The van der Waals surface area contributed by atoms with Gasteiger partial charge in [-0.2, -0.15) is 0 Å². The topological polar surface area (TPSA) is 39.2 Å². The molecule has 0 N–H and O–H groups in total. The normalized spacial score (nSPS) is 10.0. The first-order valence-corrected chi connectivity index (χ1v) is 6.34. The van der Waals surface area contributed by atoms with Crippen molar-refractivity contribution in [2.24, 2.45) is 0 Å². The Balaban J connectivity index is 2.13. The van der Waals surface area contributed by atoms with Crippen molar-refractivity contribution in [2.45, 2.75) is 0 Å². The molecular formula is C11H9NO2S2. The summed E-state index contributed by atoms with van der Waals surface area (Å²) in [5.41, 5.74) is 0.357. The van der Waals surface area contributed by atoms with Crippen LogP contribution < -0.4 is 0 Å². The highest BCUT2D eigenvalue weighted by Gasteiger charge is 2.12. The van der Waals surface area contributed by atoms with Crippen LogP contribution in [0.15, 0.2) is 35.5 Å². The summed E-state index contributed by atoms with van der Waals surface area (Å²) in [6.07, 6.45) is 1.53. The molecule has 0 aliphatic carbocycles. The van der Waals surface area contributed by atoms with Crippen molar-refractivity contribution in [1.82, 2.24) is 4.98 Å². The molecule has 2 aromatic heterocycles. The van der Waals surface area contributed by atoms with Crippen LogP contribution in [0.25, 0.3) is 9.88 Å². The van der Waals surface area contributed by atoms with Gasteiger partial charge in [0.2, 0.25) is 0 Å². The van der Waals surface area contributed by atoms with Gasteiger partial charge in [0.1, 0.15) is 11.6 Å². The van der Waals surface area contributed by atoms with Gasteiger partial charge in [-0.3, -0.25) is 0 Å². The smallest absolute Gasteiger partial charge is 0.358 e. The molecule has 5 heteroatoms. The largest absolute Gasteiger partial charge is 0.457 e. The quantitative estimate of drug-likeness (QED) is 0.618. The van der Waals surface area contributed by atoms with E-state index in [0.29, 0.717) is 5.69 Å². The minimum atomic E-state index is -0.404. The van der Waals surface area contributed by atoms with E-state index in [1.54, 1.807) is 16.7 Å². The molecule has 0 radical (unpaired) electrons. The average Bonchev–Trinajstić information content (AvgIpc) is 2.94. The van der Waals surface area contributed by atoms with Crippen LogP contribution in [0.3, 0.4) is 0 Å². The first kappa shape index (κ1) is 11.0. The summed E-state index contributed by atoms with van der Waals surface area (Å²) in [5.74, 6) is -0.404. The number of aromatic nitrogens is 1. The Hall–Kier alpha value is -1.46. The summed E-state index contributed by atoms with van der Waals surface area (Å²) < 4.78 is 4.90. The number of ether oxygens (including phenoxy) is 1. The van der Waals surface area contributed by atoms with Crippen LogP contribution in [0.5, 0.6) is 0 Å².